The molecule has 176 valence electrons. The van der Waals surface area contributed by atoms with E-state index in [4.69, 9.17) is 21.7 Å². The molecule has 1 aromatic carbocycles. The molecule has 3 heterocycles. The van der Waals surface area contributed by atoms with Crippen LogP contribution in [0.3, 0.4) is 0 Å². The molecule has 1 N–H and O–H groups in total. The summed E-state index contributed by atoms with van der Waals surface area (Å²) in [6.07, 6.45) is 3.37. The first-order valence-electron chi connectivity index (χ1n) is 10.9. The van der Waals surface area contributed by atoms with Gasteiger partial charge in [-0.3, -0.25) is 19.1 Å². The van der Waals surface area contributed by atoms with Gasteiger partial charge in [0, 0.05) is 25.7 Å². The molecule has 0 spiro atoms. The summed E-state index contributed by atoms with van der Waals surface area (Å²) in [5.41, 5.74) is 1.81. The lowest BCUT2D eigenvalue weighted by atomic mass is 10.0. The number of nitriles is 1. The Kier molecular flexibility index (Phi) is 6.95. The number of thiocarbonyl (C=S) groups is 1. The van der Waals surface area contributed by atoms with Crippen LogP contribution in [-0.2, 0) is 17.9 Å². The zero-order valence-corrected chi connectivity index (χ0v) is 20.8. The van der Waals surface area contributed by atoms with E-state index in [1.807, 2.05) is 25.1 Å². The Balaban J connectivity index is 1.81. The zero-order valence-electron chi connectivity index (χ0n) is 19.1. The molecule has 1 saturated heterocycles. The van der Waals surface area contributed by atoms with Crippen LogP contribution < -0.4 is 20.3 Å². The van der Waals surface area contributed by atoms with Gasteiger partial charge in [0.15, 0.2) is 11.5 Å². The molecule has 1 amide bonds. The number of ether oxygens (including phenoxy) is 2. The molecule has 1 fully saturated rings. The molecule has 2 aromatic rings. The van der Waals surface area contributed by atoms with Crippen molar-refractivity contribution in [1.29, 1.82) is 5.26 Å². The van der Waals surface area contributed by atoms with Crippen molar-refractivity contribution in [1.82, 2.24) is 9.47 Å². The highest BCUT2D eigenvalue weighted by molar-refractivity contribution is 8.26. The smallest absolute Gasteiger partial charge is 0.270 e. The molecule has 0 atom stereocenters. The van der Waals surface area contributed by atoms with Gasteiger partial charge in [0.25, 0.3) is 11.5 Å². The summed E-state index contributed by atoms with van der Waals surface area (Å²) in [5, 5.41) is 13.1. The van der Waals surface area contributed by atoms with Gasteiger partial charge in [0.05, 0.1) is 4.91 Å². The number of benzene rings is 1. The second kappa shape index (κ2) is 9.91. The van der Waals surface area contributed by atoms with Crippen LogP contribution in [0.5, 0.6) is 11.5 Å². The minimum Gasteiger partial charge on any atom is -0.454 e. The van der Waals surface area contributed by atoms with E-state index in [1.165, 1.54) is 16.7 Å². The second-order valence-electron chi connectivity index (χ2n) is 7.97. The van der Waals surface area contributed by atoms with Crippen molar-refractivity contribution in [3.63, 3.8) is 0 Å². The van der Waals surface area contributed by atoms with Gasteiger partial charge in [-0.15, -0.1) is 0 Å². The fourth-order valence-electron chi connectivity index (χ4n) is 3.80. The van der Waals surface area contributed by atoms with E-state index in [2.05, 4.69) is 11.4 Å². The molecule has 2 aliphatic heterocycles. The molecular formula is C24H24N4O4S2. The van der Waals surface area contributed by atoms with E-state index in [0.717, 1.165) is 18.4 Å². The number of pyridine rings is 1. The van der Waals surface area contributed by atoms with Crippen LogP contribution in [0.2, 0.25) is 0 Å². The number of rotatable bonds is 7. The number of unbranched alkanes of at least 4 members (excludes halogenated alkanes) is 1. The van der Waals surface area contributed by atoms with Gasteiger partial charge >= 0.3 is 0 Å². The highest BCUT2D eigenvalue weighted by atomic mass is 32.2. The van der Waals surface area contributed by atoms with Gasteiger partial charge in [-0.2, -0.15) is 5.26 Å². The second-order valence-corrected chi connectivity index (χ2v) is 9.64. The lowest BCUT2D eigenvalue weighted by Crippen LogP contribution is -2.28. The lowest BCUT2D eigenvalue weighted by molar-refractivity contribution is -0.121. The van der Waals surface area contributed by atoms with E-state index in [-0.39, 0.29) is 23.8 Å². The summed E-state index contributed by atoms with van der Waals surface area (Å²) < 4.78 is 12.9. The van der Waals surface area contributed by atoms with Gasteiger partial charge < -0.3 is 14.8 Å². The van der Waals surface area contributed by atoms with Crippen molar-refractivity contribution in [2.75, 3.05) is 19.2 Å². The van der Waals surface area contributed by atoms with Crippen molar-refractivity contribution in [2.24, 2.45) is 0 Å². The van der Waals surface area contributed by atoms with Crippen molar-refractivity contribution >= 4 is 46.1 Å². The minimum atomic E-state index is -0.346. The quantitative estimate of drug-likeness (QED) is 0.454. The Morgan fingerprint density at radius 3 is 2.74 bits per heavy atom. The molecule has 8 nitrogen and oxygen atoms in total. The number of hydrogen-bond acceptors (Lipinski definition) is 8. The maximum absolute atomic E-state index is 13.2. The van der Waals surface area contributed by atoms with Crippen molar-refractivity contribution in [3.05, 3.63) is 55.7 Å². The number of amides is 1. The molecule has 34 heavy (non-hydrogen) atoms. The number of thioether (sulfide) groups is 1. The van der Waals surface area contributed by atoms with Gasteiger partial charge in [0.1, 0.15) is 21.8 Å². The Bertz CT molecular complexity index is 1310. The Hall–Kier alpha value is -3.29. The predicted octanol–water partition coefficient (Wildman–Crippen LogP) is 4.00. The first-order chi connectivity index (χ1) is 16.3. The number of likely N-dealkylation sites (N-methyl/N-ethyl adjacent to an activating group) is 1. The number of carbonyl (C=O) groups is 1. The highest BCUT2D eigenvalue weighted by Crippen LogP contribution is 2.35. The van der Waals surface area contributed by atoms with Crippen LogP contribution in [-0.4, -0.2) is 33.5 Å². The van der Waals surface area contributed by atoms with Crippen LogP contribution >= 0.6 is 24.0 Å². The number of nitrogens with zero attached hydrogens (tertiary/aromatic N) is 3. The molecule has 4 rings (SSSR count). The molecule has 10 heteroatoms. The van der Waals surface area contributed by atoms with Crippen LogP contribution in [0, 0.1) is 18.3 Å². The van der Waals surface area contributed by atoms with E-state index in [1.54, 1.807) is 24.6 Å². The number of anilines is 1. The Labute approximate surface area is 207 Å². The average Bonchev–Trinajstić information content (AvgIpc) is 3.39. The van der Waals surface area contributed by atoms with E-state index >= 15 is 0 Å². The summed E-state index contributed by atoms with van der Waals surface area (Å²) in [7, 11) is 1.63. The van der Waals surface area contributed by atoms with Crippen LogP contribution in [0.25, 0.3) is 6.08 Å². The van der Waals surface area contributed by atoms with Crippen molar-refractivity contribution < 1.29 is 14.3 Å². The van der Waals surface area contributed by atoms with Crippen molar-refractivity contribution in [3.8, 4) is 17.6 Å². The third-order valence-corrected chi connectivity index (χ3v) is 7.25. The number of nitrogens with one attached hydrogen (secondary N) is 1. The fraction of sp³-hybridized carbons (Fsp3) is 0.333. The summed E-state index contributed by atoms with van der Waals surface area (Å²) >= 11 is 6.47. The third kappa shape index (κ3) is 4.41. The number of carbonyl (C=O) groups excluding carboxylic acids is 1. The monoisotopic (exact) mass is 496 g/mol. The number of hydrogen-bond donors (Lipinski definition) is 1. The zero-order chi connectivity index (χ0) is 24.4. The lowest BCUT2D eigenvalue weighted by Gasteiger charge is -2.20. The SMILES string of the molecule is CCCCn1c(NCc2ccc3c(c2)OCO3)c(/C=C2/SC(=S)N(C)C2=O)c(C)c(C#N)c1=O. The van der Waals surface area contributed by atoms with Gasteiger partial charge in [-0.05, 0) is 42.7 Å². The van der Waals surface area contributed by atoms with Crippen LogP contribution in [0.15, 0.2) is 27.9 Å². The molecule has 0 radical (unpaired) electrons. The summed E-state index contributed by atoms with van der Waals surface area (Å²) in [6.45, 7) is 4.82. The third-order valence-electron chi connectivity index (χ3n) is 5.77. The molecule has 2 aliphatic rings. The largest absolute Gasteiger partial charge is 0.454 e. The summed E-state index contributed by atoms with van der Waals surface area (Å²) in [5.74, 6) is 1.72. The topological polar surface area (TPSA) is 96.6 Å². The minimum absolute atomic E-state index is 0.0722. The van der Waals surface area contributed by atoms with Gasteiger partial charge in [-0.1, -0.05) is 43.4 Å². The maximum Gasteiger partial charge on any atom is 0.270 e. The average molecular weight is 497 g/mol. The molecule has 1 aromatic heterocycles. The number of aromatic nitrogens is 1. The van der Waals surface area contributed by atoms with Gasteiger partial charge in [-0.25, -0.2) is 0 Å². The molecular weight excluding hydrogens is 472 g/mol. The van der Waals surface area contributed by atoms with E-state index < -0.39 is 0 Å². The Morgan fingerprint density at radius 2 is 2.06 bits per heavy atom. The summed E-state index contributed by atoms with van der Waals surface area (Å²) in [4.78, 5) is 27.8. The molecule has 0 bridgehead atoms. The summed E-state index contributed by atoms with van der Waals surface area (Å²) in [6, 6.07) is 7.72. The van der Waals surface area contributed by atoms with Crippen molar-refractivity contribution in [2.45, 2.75) is 39.8 Å². The van der Waals surface area contributed by atoms with Crippen LogP contribution in [0.4, 0.5) is 5.82 Å². The first kappa shape index (κ1) is 23.9. The number of fused-ring (bicyclic) bond motifs is 1. The van der Waals surface area contributed by atoms with E-state index in [9.17, 15) is 14.9 Å². The molecule has 0 unspecified atom stereocenters. The standard InChI is InChI=1S/C24H24N4O4S2/c1-4-5-8-28-21(26-12-15-6-7-18-19(9-15)32-13-31-18)16(14(2)17(11-25)22(28)29)10-20-23(30)27(3)24(33)34-20/h6-7,9-10,26H,4-5,8,12-13H2,1-3H3/b20-10+. The predicted molar refractivity (Wildman–Crippen MR) is 136 cm³/mol. The van der Waals surface area contributed by atoms with Gasteiger partial charge in [0.2, 0.25) is 6.79 Å². The van der Waals surface area contributed by atoms with Crippen LogP contribution in [0.1, 0.15) is 42.0 Å². The maximum atomic E-state index is 13.2. The normalized spacial score (nSPS) is 15.8. The molecule has 0 aliphatic carbocycles. The molecule has 0 saturated carbocycles. The Morgan fingerprint density at radius 1 is 1.29 bits per heavy atom. The first-order valence-corrected chi connectivity index (χ1v) is 12.1. The van der Waals surface area contributed by atoms with E-state index in [0.29, 0.717) is 50.8 Å². The fourth-order valence-corrected chi connectivity index (χ4v) is 4.96. The highest BCUT2D eigenvalue weighted by Gasteiger charge is 2.30.